The molecule has 1 N–H and O–H groups in total. The number of halogens is 1. The second kappa shape index (κ2) is 4.14. The Hall–Kier alpha value is -1.72. The lowest BCUT2D eigenvalue weighted by molar-refractivity contribution is 0.0381. The van der Waals surface area contributed by atoms with E-state index in [2.05, 4.69) is 4.98 Å². The minimum Gasteiger partial charge on any atom is -0.385 e. The Morgan fingerprint density at radius 3 is 3.20 bits per heavy atom. The van der Waals surface area contributed by atoms with E-state index in [0.717, 1.165) is 10.7 Å². The number of nitrogens with zero attached hydrogens (tertiary/aromatic N) is 2. The van der Waals surface area contributed by atoms with E-state index in [-0.39, 0.29) is 5.82 Å². The van der Waals surface area contributed by atoms with Crippen molar-refractivity contribution in [2.45, 2.75) is 24.9 Å². The third-order valence-electron chi connectivity index (χ3n) is 4.03. The van der Waals surface area contributed by atoms with Gasteiger partial charge < -0.3 is 5.11 Å². The number of aromatic nitrogens is 2. The molecule has 0 amide bonds. The highest BCUT2D eigenvalue weighted by atomic mass is 32.1. The lowest BCUT2D eigenvalue weighted by Crippen LogP contribution is -2.25. The summed E-state index contributed by atoms with van der Waals surface area (Å²) in [6.07, 6.45) is 5.44. The summed E-state index contributed by atoms with van der Waals surface area (Å²) in [7, 11) is 0. The first kappa shape index (κ1) is 12.1. The first-order valence-corrected chi connectivity index (χ1v) is 7.45. The molecule has 0 saturated carbocycles. The number of imidazole rings is 1. The first-order chi connectivity index (χ1) is 9.66. The summed E-state index contributed by atoms with van der Waals surface area (Å²) >= 11 is 1.56. The van der Waals surface area contributed by atoms with Gasteiger partial charge in [-0.2, -0.15) is 0 Å². The number of thiazole rings is 1. The van der Waals surface area contributed by atoms with E-state index in [1.165, 1.54) is 6.07 Å². The minimum absolute atomic E-state index is 0.218. The second-order valence-electron chi connectivity index (χ2n) is 5.30. The molecular formula is C15H13FN2OS. The number of hydrogen-bond donors (Lipinski definition) is 1. The monoisotopic (exact) mass is 288 g/mol. The fourth-order valence-electron chi connectivity index (χ4n) is 3.06. The zero-order valence-corrected chi connectivity index (χ0v) is 11.5. The molecule has 0 saturated heterocycles. The van der Waals surface area contributed by atoms with Crippen molar-refractivity contribution in [1.29, 1.82) is 0 Å². The standard InChI is InChI=1S/C15H13FN2OS/c16-13-3-1-2-12-11(13)4-5-15(12,19)8-10-9-18-6-7-20-14(18)17-10/h1-3,6-7,9,19H,4-5,8H2. The molecule has 0 fully saturated rings. The molecule has 2 heterocycles. The zero-order valence-electron chi connectivity index (χ0n) is 10.7. The second-order valence-corrected chi connectivity index (χ2v) is 6.17. The summed E-state index contributed by atoms with van der Waals surface area (Å²) in [6, 6.07) is 4.94. The van der Waals surface area contributed by atoms with Gasteiger partial charge >= 0.3 is 0 Å². The summed E-state index contributed by atoms with van der Waals surface area (Å²) in [5.74, 6) is -0.218. The van der Waals surface area contributed by atoms with Crippen molar-refractivity contribution in [2.24, 2.45) is 0 Å². The van der Waals surface area contributed by atoms with Gasteiger partial charge in [0.15, 0.2) is 4.96 Å². The van der Waals surface area contributed by atoms with Crippen LogP contribution in [0.2, 0.25) is 0 Å². The van der Waals surface area contributed by atoms with Gasteiger partial charge in [-0.15, -0.1) is 11.3 Å². The summed E-state index contributed by atoms with van der Waals surface area (Å²) in [6.45, 7) is 0. The molecule has 2 aromatic heterocycles. The van der Waals surface area contributed by atoms with E-state index in [0.29, 0.717) is 30.4 Å². The van der Waals surface area contributed by atoms with E-state index in [1.54, 1.807) is 17.4 Å². The molecule has 0 spiro atoms. The van der Waals surface area contributed by atoms with E-state index in [9.17, 15) is 9.50 Å². The molecule has 3 aromatic rings. The molecule has 20 heavy (non-hydrogen) atoms. The van der Waals surface area contributed by atoms with Crippen molar-refractivity contribution in [3.8, 4) is 0 Å². The molecule has 1 aliphatic carbocycles. The van der Waals surface area contributed by atoms with E-state index in [1.807, 2.05) is 28.2 Å². The number of rotatable bonds is 2. The van der Waals surface area contributed by atoms with Gasteiger partial charge in [0.2, 0.25) is 0 Å². The molecular weight excluding hydrogens is 275 g/mol. The first-order valence-electron chi connectivity index (χ1n) is 6.57. The lowest BCUT2D eigenvalue weighted by Gasteiger charge is -2.23. The average Bonchev–Trinajstić information content (AvgIpc) is 3.05. The molecule has 5 heteroatoms. The minimum atomic E-state index is -0.999. The van der Waals surface area contributed by atoms with Gasteiger partial charge in [0, 0.05) is 24.2 Å². The SMILES string of the molecule is OC1(Cc2cn3ccsc3n2)CCc2c(F)cccc21. The molecule has 1 atom stereocenters. The Labute approximate surface area is 119 Å². The Morgan fingerprint density at radius 1 is 1.45 bits per heavy atom. The van der Waals surface area contributed by atoms with Crippen LogP contribution in [-0.4, -0.2) is 14.5 Å². The van der Waals surface area contributed by atoms with Gasteiger partial charge in [-0.05, 0) is 30.0 Å². The van der Waals surface area contributed by atoms with E-state index in [4.69, 9.17) is 0 Å². The summed E-state index contributed by atoms with van der Waals surface area (Å²) < 4.78 is 15.7. The van der Waals surface area contributed by atoms with E-state index < -0.39 is 5.60 Å². The van der Waals surface area contributed by atoms with Crippen molar-refractivity contribution >= 4 is 16.3 Å². The van der Waals surface area contributed by atoms with Gasteiger partial charge in [0.25, 0.3) is 0 Å². The maximum Gasteiger partial charge on any atom is 0.193 e. The maximum atomic E-state index is 13.8. The molecule has 3 nitrogen and oxygen atoms in total. The van der Waals surface area contributed by atoms with Crippen LogP contribution in [0, 0.1) is 5.82 Å². The number of aliphatic hydroxyl groups is 1. The van der Waals surface area contributed by atoms with Crippen LogP contribution in [0.5, 0.6) is 0 Å². The Bertz CT molecular complexity index is 766. The molecule has 1 aliphatic rings. The van der Waals surface area contributed by atoms with Crippen molar-refractivity contribution in [3.63, 3.8) is 0 Å². The van der Waals surface area contributed by atoms with Gasteiger partial charge in [-0.1, -0.05) is 12.1 Å². The van der Waals surface area contributed by atoms with Gasteiger partial charge in [0.05, 0.1) is 11.3 Å². The van der Waals surface area contributed by atoms with Crippen LogP contribution in [0.25, 0.3) is 4.96 Å². The maximum absolute atomic E-state index is 13.8. The van der Waals surface area contributed by atoms with Crippen LogP contribution in [-0.2, 0) is 18.4 Å². The van der Waals surface area contributed by atoms with Crippen molar-refractivity contribution in [2.75, 3.05) is 0 Å². The van der Waals surface area contributed by atoms with Crippen molar-refractivity contribution in [1.82, 2.24) is 9.38 Å². The van der Waals surface area contributed by atoms with E-state index >= 15 is 0 Å². The van der Waals surface area contributed by atoms with Crippen molar-refractivity contribution < 1.29 is 9.50 Å². The van der Waals surface area contributed by atoms with Gasteiger partial charge in [-0.3, -0.25) is 4.40 Å². The highest BCUT2D eigenvalue weighted by Gasteiger charge is 2.38. The normalized spacial score (nSPS) is 21.5. The summed E-state index contributed by atoms with van der Waals surface area (Å²) in [5, 5.41) is 12.8. The van der Waals surface area contributed by atoms with Crippen LogP contribution in [0.3, 0.4) is 0 Å². The smallest absolute Gasteiger partial charge is 0.193 e. The van der Waals surface area contributed by atoms with Crippen LogP contribution in [0.1, 0.15) is 23.2 Å². The predicted octanol–water partition coefficient (Wildman–Crippen LogP) is 2.91. The van der Waals surface area contributed by atoms with Gasteiger partial charge in [-0.25, -0.2) is 9.37 Å². The van der Waals surface area contributed by atoms with Gasteiger partial charge in [0.1, 0.15) is 5.82 Å². The Morgan fingerprint density at radius 2 is 2.35 bits per heavy atom. The fourth-order valence-corrected chi connectivity index (χ4v) is 3.78. The topological polar surface area (TPSA) is 37.5 Å². The predicted molar refractivity (Wildman–Crippen MR) is 75.4 cm³/mol. The van der Waals surface area contributed by atoms with Crippen LogP contribution in [0.4, 0.5) is 4.39 Å². The summed E-state index contributed by atoms with van der Waals surface area (Å²) in [4.78, 5) is 5.42. The molecule has 102 valence electrons. The lowest BCUT2D eigenvalue weighted by atomic mass is 9.91. The van der Waals surface area contributed by atoms with Crippen LogP contribution >= 0.6 is 11.3 Å². The average molecular weight is 288 g/mol. The number of fused-ring (bicyclic) bond motifs is 2. The molecule has 0 aliphatic heterocycles. The Kier molecular flexibility index (Phi) is 2.49. The summed E-state index contributed by atoms with van der Waals surface area (Å²) in [5.41, 5.74) is 1.21. The highest BCUT2D eigenvalue weighted by molar-refractivity contribution is 7.15. The molecule has 1 unspecified atom stereocenters. The largest absolute Gasteiger partial charge is 0.385 e. The third-order valence-corrected chi connectivity index (χ3v) is 4.80. The number of hydrogen-bond acceptors (Lipinski definition) is 3. The highest BCUT2D eigenvalue weighted by Crippen LogP contribution is 2.40. The Balaban J connectivity index is 1.73. The number of benzene rings is 1. The fraction of sp³-hybridized carbons (Fsp3) is 0.267. The molecule has 1 aromatic carbocycles. The van der Waals surface area contributed by atoms with Crippen LogP contribution < -0.4 is 0 Å². The van der Waals surface area contributed by atoms with Crippen LogP contribution in [0.15, 0.2) is 36.0 Å². The molecule has 0 radical (unpaired) electrons. The molecule has 4 rings (SSSR count). The molecule has 0 bridgehead atoms. The third kappa shape index (κ3) is 1.70. The van der Waals surface area contributed by atoms with Crippen molar-refractivity contribution in [3.05, 3.63) is 58.6 Å². The zero-order chi connectivity index (χ0) is 13.7. The quantitative estimate of drug-likeness (QED) is 0.787.